The second-order valence-electron chi connectivity index (χ2n) is 8.51. The van der Waals surface area contributed by atoms with Gasteiger partial charge in [0.1, 0.15) is 5.82 Å². The highest BCUT2D eigenvalue weighted by Crippen LogP contribution is 2.42. The minimum atomic E-state index is -4.47. The lowest BCUT2D eigenvalue weighted by Gasteiger charge is -2.46. The van der Waals surface area contributed by atoms with Crippen molar-refractivity contribution in [1.82, 2.24) is 19.4 Å². The van der Waals surface area contributed by atoms with E-state index in [0.29, 0.717) is 25.9 Å². The van der Waals surface area contributed by atoms with Gasteiger partial charge in [0.05, 0.1) is 16.8 Å². The number of para-hydroxylation sites is 1. The quantitative estimate of drug-likeness (QED) is 0.561. The van der Waals surface area contributed by atoms with E-state index in [0.717, 1.165) is 30.2 Å². The van der Waals surface area contributed by atoms with E-state index in [1.54, 1.807) is 11.1 Å². The molecule has 8 heteroatoms. The minimum Gasteiger partial charge on any atom is -0.338 e. The zero-order chi connectivity index (χ0) is 22.5. The molecular formula is C24H23F3N4O. The van der Waals surface area contributed by atoms with Crippen molar-refractivity contribution in [1.29, 1.82) is 0 Å². The Morgan fingerprint density at radius 3 is 2.56 bits per heavy atom. The third kappa shape index (κ3) is 3.30. The molecule has 0 unspecified atom stereocenters. The molecule has 1 fully saturated rings. The molecule has 166 valence electrons. The number of hydrogen-bond donors (Lipinski definition) is 0. The molecule has 0 saturated carbocycles. The third-order valence-corrected chi connectivity index (χ3v) is 6.76. The van der Waals surface area contributed by atoms with Crippen molar-refractivity contribution >= 4 is 5.91 Å². The molecule has 0 aliphatic carbocycles. The van der Waals surface area contributed by atoms with Gasteiger partial charge in [-0.1, -0.05) is 24.3 Å². The van der Waals surface area contributed by atoms with Crippen molar-refractivity contribution < 1.29 is 18.0 Å². The van der Waals surface area contributed by atoms with Gasteiger partial charge in [-0.2, -0.15) is 13.2 Å². The molecule has 0 radical (unpaired) electrons. The van der Waals surface area contributed by atoms with Gasteiger partial charge in [-0.3, -0.25) is 9.69 Å². The van der Waals surface area contributed by atoms with Crippen LogP contribution in [0.3, 0.4) is 0 Å². The lowest BCUT2D eigenvalue weighted by molar-refractivity contribution is -0.137. The third-order valence-electron chi connectivity index (χ3n) is 6.76. The van der Waals surface area contributed by atoms with E-state index in [9.17, 15) is 18.0 Å². The molecule has 5 nitrogen and oxygen atoms in total. The zero-order valence-electron chi connectivity index (χ0n) is 17.6. The van der Waals surface area contributed by atoms with Crippen LogP contribution < -0.4 is 0 Å². The SMILES string of the molecule is CN1Cc2ccccc2-n2ccnc2C12CCN(C(=O)c1cccc(C(F)(F)F)c1)CC2. The van der Waals surface area contributed by atoms with Crippen LogP contribution in [0.1, 0.15) is 40.2 Å². The number of carbonyl (C=O) groups excluding carboxylic acids is 1. The summed E-state index contributed by atoms with van der Waals surface area (Å²) >= 11 is 0. The fourth-order valence-electron chi connectivity index (χ4n) is 5.00. The molecule has 5 rings (SSSR count). The van der Waals surface area contributed by atoms with Crippen LogP contribution in [0, 0.1) is 0 Å². The summed E-state index contributed by atoms with van der Waals surface area (Å²) < 4.78 is 41.4. The number of imidazole rings is 1. The topological polar surface area (TPSA) is 41.4 Å². The number of piperidine rings is 1. The van der Waals surface area contributed by atoms with Crippen molar-refractivity contribution in [2.75, 3.05) is 20.1 Å². The van der Waals surface area contributed by atoms with Crippen molar-refractivity contribution in [3.8, 4) is 5.69 Å². The second-order valence-corrected chi connectivity index (χ2v) is 8.51. The van der Waals surface area contributed by atoms with Gasteiger partial charge in [-0.15, -0.1) is 0 Å². The van der Waals surface area contributed by atoms with Crippen LogP contribution in [0.15, 0.2) is 60.9 Å². The first-order chi connectivity index (χ1) is 15.3. The molecule has 1 spiro atoms. The molecule has 0 N–H and O–H groups in total. The predicted octanol–water partition coefficient (Wildman–Crippen LogP) is 4.47. The number of halogens is 3. The number of fused-ring (bicyclic) bond motifs is 4. The summed E-state index contributed by atoms with van der Waals surface area (Å²) in [7, 11) is 2.07. The standard InChI is InChI=1S/C24H23F3N4O/c1-29-16-18-5-2-3-8-20(18)31-14-11-28-22(31)23(29)9-12-30(13-10-23)21(32)17-6-4-7-19(15-17)24(25,26)27/h2-8,11,14-15H,9-10,12-13,16H2,1H3. The predicted molar refractivity (Wildman–Crippen MR) is 113 cm³/mol. The number of aromatic nitrogens is 2. The van der Waals surface area contributed by atoms with Crippen molar-refractivity contribution in [2.24, 2.45) is 0 Å². The lowest BCUT2D eigenvalue weighted by atomic mass is 9.84. The van der Waals surface area contributed by atoms with E-state index in [1.807, 2.05) is 18.3 Å². The molecule has 2 aromatic carbocycles. The zero-order valence-corrected chi connectivity index (χ0v) is 17.6. The first kappa shape index (κ1) is 20.8. The summed E-state index contributed by atoms with van der Waals surface area (Å²) in [4.78, 5) is 21.6. The van der Waals surface area contributed by atoms with E-state index in [1.165, 1.54) is 17.7 Å². The van der Waals surface area contributed by atoms with Gasteiger partial charge in [-0.25, -0.2) is 4.98 Å². The highest BCUT2D eigenvalue weighted by atomic mass is 19.4. The van der Waals surface area contributed by atoms with E-state index in [2.05, 4.69) is 28.6 Å². The number of amides is 1. The van der Waals surface area contributed by atoms with Gasteiger partial charge >= 0.3 is 6.18 Å². The Hall–Kier alpha value is -3.13. The van der Waals surface area contributed by atoms with Crippen LogP contribution >= 0.6 is 0 Å². The fourth-order valence-corrected chi connectivity index (χ4v) is 5.00. The number of rotatable bonds is 1. The Balaban J connectivity index is 1.42. The van der Waals surface area contributed by atoms with E-state index in [4.69, 9.17) is 4.98 Å². The largest absolute Gasteiger partial charge is 0.416 e. The van der Waals surface area contributed by atoms with Gasteiger partial charge in [0.25, 0.3) is 5.91 Å². The van der Waals surface area contributed by atoms with E-state index >= 15 is 0 Å². The Kier molecular flexibility index (Phi) is 4.85. The van der Waals surface area contributed by atoms with Gasteiger partial charge in [0, 0.05) is 37.6 Å². The highest BCUT2D eigenvalue weighted by molar-refractivity contribution is 5.94. The van der Waals surface area contributed by atoms with Crippen molar-refractivity contribution in [3.05, 3.63) is 83.4 Å². The van der Waals surface area contributed by atoms with E-state index in [-0.39, 0.29) is 17.0 Å². The van der Waals surface area contributed by atoms with Crippen LogP contribution in [0.25, 0.3) is 5.69 Å². The highest BCUT2D eigenvalue weighted by Gasteiger charge is 2.45. The van der Waals surface area contributed by atoms with Gasteiger partial charge in [0.15, 0.2) is 0 Å². The first-order valence-corrected chi connectivity index (χ1v) is 10.6. The number of benzene rings is 2. The lowest BCUT2D eigenvalue weighted by Crippen LogP contribution is -2.53. The normalized spacial score (nSPS) is 18.2. The molecule has 2 aliphatic rings. The van der Waals surface area contributed by atoms with E-state index < -0.39 is 11.7 Å². The van der Waals surface area contributed by atoms with Crippen LogP contribution in [0.2, 0.25) is 0 Å². The Bertz CT molecular complexity index is 1160. The molecule has 1 saturated heterocycles. The molecule has 1 amide bonds. The summed E-state index contributed by atoms with van der Waals surface area (Å²) in [6.07, 6.45) is 0.595. The number of carbonyl (C=O) groups is 1. The monoisotopic (exact) mass is 440 g/mol. The Morgan fingerprint density at radius 1 is 1.06 bits per heavy atom. The van der Waals surface area contributed by atoms with Crippen LogP contribution in [-0.2, 0) is 18.3 Å². The van der Waals surface area contributed by atoms with Gasteiger partial charge in [-0.05, 0) is 49.7 Å². The Morgan fingerprint density at radius 2 is 1.81 bits per heavy atom. The molecule has 2 aliphatic heterocycles. The number of nitrogens with zero attached hydrogens (tertiary/aromatic N) is 4. The molecule has 0 atom stereocenters. The van der Waals surface area contributed by atoms with Gasteiger partial charge in [0.2, 0.25) is 0 Å². The van der Waals surface area contributed by atoms with Crippen molar-refractivity contribution in [2.45, 2.75) is 31.1 Å². The van der Waals surface area contributed by atoms with Crippen LogP contribution in [0.4, 0.5) is 13.2 Å². The smallest absolute Gasteiger partial charge is 0.338 e. The second kappa shape index (κ2) is 7.48. The average molecular weight is 440 g/mol. The molecule has 0 bridgehead atoms. The number of likely N-dealkylation sites (tertiary alicyclic amines) is 1. The van der Waals surface area contributed by atoms with Crippen molar-refractivity contribution in [3.63, 3.8) is 0 Å². The first-order valence-electron chi connectivity index (χ1n) is 10.6. The molecular weight excluding hydrogens is 417 g/mol. The average Bonchev–Trinajstić information content (AvgIpc) is 3.26. The summed E-state index contributed by atoms with van der Waals surface area (Å²) in [5.41, 5.74) is 1.21. The molecule has 3 aromatic rings. The summed E-state index contributed by atoms with van der Waals surface area (Å²) in [5, 5.41) is 0. The maximum absolute atomic E-state index is 13.1. The molecule has 3 heterocycles. The summed E-state index contributed by atoms with van der Waals surface area (Å²) in [6, 6.07) is 12.9. The van der Waals surface area contributed by atoms with Crippen LogP contribution in [-0.4, -0.2) is 45.4 Å². The van der Waals surface area contributed by atoms with Crippen LogP contribution in [0.5, 0.6) is 0 Å². The Labute approximate surface area is 184 Å². The number of hydrogen-bond acceptors (Lipinski definition) is 3. The summed E-state index contributed by atoms with van der Waals surface area (Å²) in [5.74, 6) is 0.574. The minimum absolute atomic E-state index is 0.0684. The summed E-state index contributed by atoms with van der Waals surface area (Å²) in [6.45, 7) is 1.65. The fraction of sp³-hybridized carbons (Fsp3) is 0.333. The number of alkyl halides is 3. The maximum atomic E-state index is 13.1. The van der Waals surface area contributed by atoms with Gasteiger partial charge < -0.3 is 9.47 Å². The molecule has 1 aromatic heterocycles. The maximum Gasteiger partial charge on any atom is 0.416 e. The molecule has 32 heavy (non-hydrogen) atoms.